The number of carbonyl (C=O) groups excluding carboxylic acids is 1. The number of nitrogens with zero attached hydrogens (tertiary/aromatic N) is 1. The second kappa shape index (κ2) is 8.52. The Labute approximate surface area is 155 Å². The molecule has 0 aromatic heterocycles. The Bertz CT molecular complexity index is 783. The van der Waals surface area contributed by atoms with Crippen LogP contribution in [0, 0.1) is 0 Å². The lowest BCUT2D eigenvalue weighted by Gasteiger charge is -2.25. The molecular weight excluding hydrogens is 328 g/mol. The summed E-state index contributed by atoms with van der Waals surface area (Å²) in [6.45, 7) is 6.24. The van der Waals surface area contributed by atoms with Crippen molar-refractivity contribution in [1.82, 2.24) is 5.43 Å². The van der Waals surface area contributed by atoms with Gasteiger partial charge in [0.1, 0.15) is 0 Å². The third-order valence-electron chi connectivity index (χ3n) is 4.25. The molecule has 0 aliphatic heterocycles. The number of amides is 1. The summed E-state index contributed by atoms with van der Waals surface area (Å²) in [5, 5.41) is 4.25. The third kappa shape index (κ3) is 4.85. The van der Waals surface area contributed by atoms with Crippen LogP contribution in [0.3, 0.4) is 0 Å². The summed E-state index contributed by atoms with van der Waals surface area (Å²) in [6, 6.07) is 15.3. The van der Waals surface area contributed by atoms with Crippen molar-refractivity contribution in [3.05, 3.63) is 59.7 Å². The van der Waals surface area contributed by atoms with Crippen LogP contribution < -0.4 is 14.9 Å². The summed E-state index contributed by atoms with van der Waals surface area (Å²) in [5.74, 6) is 0.794. The van der Waals surface area contributed by atoms with Gasteiger partial charge in [0.15, 0.2) is 11.5 Å². The first-order valence-corrected chi connectivity index (χ1v) is 8.48. The molecule has 0 bridgehead atoms. The zero-order valence-electron chi connectivity index (χ0n) is 16.0. The van der Waals surface area contributed by atoms with Gasteiger partial charge in [-0.05, 0) is 42.5 Å². The molecule has 1 N–H and O–H groups in total. The molecule has 5 nitrogen and oxygen atoms in total. The van der Waals surface area contributed by atoms with Crippen LogP contribution >= 0.6 is 0 Å². The number of ether oxygens (including phenoxy) is 2. The van der Waals surface area contributed by atoms with Gasteiger partial charge in [-0.3, -0.25) is 4.79 Å². The lowest BCUT2D eigenvalue weighted by atomic mass is 9.80. The standard InChI is InChI=1S/C21H26N2O3/c1-15(14-21(2,3)17-9-7-6-8-10-17)22-23-20(24)16-11-12-18(25-4)19(13-16)26-5/h6-13H,14H2,1-5H3,(H,23,24). The number of hydrazone groups is 1. The maximum Gasteiger partial charge on any atom is 0.271 e. The largest absolute Gasteiger partial charge is 0.493 e. The molecule has 138 valence electrons. The summed E-state index contributed by atoms with van der Waals surface area (Å²) in [4.78, 5) is 12.3. The number of hydrogen-bond acceptors (Lipinski definition) is 4. The maximum atomic E-state index is 12.3. The van der Waals surface area contributed by atoms with Crippen LogP contribution in [0.15, 0.2) is 53.6 Å². The smallest absolute Gasteiger partial charge is 0.271 e. The van der Waals surface area contributed by atoms with Crippen molar-refractivity contribution >= 4 is 11.6 Å². The van der Waals surface area contributed by atoms with Crippen molar-refractivity contribution in [2.45, 2.75) is 32.6 Å². The lowest BCUT2D eigenvalue weighted by Crippen LogP contribution is -2.24. The van der Waals surface area contributed by atoms with Crippen molar-refractivity contribution in [2.75, 3.05) is 14.2 Å². The summed E-state index contributed by atoms with van der Waals surface area (Å²) in [7, 11) is 3.09. The Hall–Kier alpha value is -2.82. The average Bonchev–Trinajstić information content (AvgIpc) is 2.65. The third-order valence-corrected chi connectivity index (χ3v) is 4.25. The van der Waals surface area contributed by atoms with Crippen LogP contribution in [0.25, 0.3) is 0 Å². The topological polar surface area (TPSA) is 59.9 Å². The highest BCUT2D eigenvalue weighted by Gasteiger charge is 2.21. The van der Waals surface area contributed by atoms with Gasteiger partial charge >= 0.3 is 0 Å². The molecule has 0 unspecified atom stereocenters. The summed E-state index contributed by atoms with van der Waals surface area (Å²) in [5.41, 5.74) is 5.10. The van der Waals surface area contributed by atoms with Gasteiger partial charge in [0.25, 0.3) is 5.91 Å². The molecule has 0 heterocycles. The predicted molar refractivity (Wildman–Crippen MR) is 104 cm³/mol. The van der Waals surface area contributed by atoms with Gasteiger partial charge in [-0.15, -0.1) is 0 Å². The molecule has 26 heavy (non-hydrogen) atoms. The normalized spacial score (nSPS) is 11.8. The fourth-order valence-corrected chi connectivity index (χ4v) is 2.86. The Morgan fingerprint density at radius 1 is 1.04 bits per heavy atom. The van der Waals surface area contributed by atoms with Crippen LogP contribution in [-0.4, -0.2) is 25.8 Å². The van der Waals surface area contributed by atoms with Gasteiger partial charge in [0.2, 0.25) is 0 Å². The van der Waals surface area contributed by atoms with Crippen LogP contribution in [-0.2, 0) is 5.41 Å². The second-order valence-corrected chi connectivity index (χ2v) is 6.78. The van der Waals surface area contributed by atoms with Gasteiger partial charge in [0.05, 0.1) is 14.2 Å². The van der Waals surface area contributed by atoms with Crippen molar-refractivity contribution in [2.24, 2.45) is 5.10 Å². The van der Waals surface area contributed by atoms with E-state index in [1.165, 1.54) is 12.7 Å². The maximum absolute atomic E-state index is 12.3. The van der Waals surface area contributed by atoms with Gasteiger partial charge < -0.3 is 9.47 Å². The van der Waals surface area contributed by atoms with E-state index in [-0.39, 0.29) is 11.3 Å². The number of benzene rings is 2. The summed E-state index contributed by atoms with van der Waals surface area (Å²) >= 11 is 0. The number of carbonyl (C=O) groups is 1. The van der Waals surface area contributed by atoms with Crippen molar-refractivity contribution < 1.29 is 14.3 Å². The highest BCUT2D eigenvalue weighted by molar-refractivity contribution is 5.96. The van der Waals surface area contributed by atoms with Crippen LogP contribution in [0.5, 0.6) is 11.5 Å². The van der Waals surface area contributed by atoms with E-state index >= 15 is 0 Å². The van der Waals surface area contributed by atoms with Crippen LogP contribution in [0.2, 0.25) is 0 Å². The molecule has 5 heteroatoms. The molecule has 0 aliphatic rings. The lowest BCUT2D eigenvalue weighted by molar-refractivity contribution is 0.0954. The van der Waals surface area contributed by atoms with Gasteiger partial charge in [0, 0.05) is 11.3 Å². The first-order chi connectivity index (χ1) is 12.4. The minimum Gasteiger partial charge on any atom is -0.493 e. The predicted octanol–water partition coefficient (Wildman–Crippen LogP) is 4.18. The molecule has 2 aromatic carbocycles. The fraction of sp³-hybridized carbons (Fsp3) is 0.333. The Morgan fingerprint density at radius 2 is 1.69 bits per heavy atom. The van der Waals surface area contributed by atoms with E-state index < -0.39 is 0 Å². The molecule has 0 fully saturated rings. The van der Waals surface area contributed by atoms with Crippen molar-refractivity contribution in [1.29, 1.82) is 0 Å². The van der Waals surface area contributed by atoms with E-state index in [0.717, 1.165) is 12.1 Å². The number of methoxy groups -OCH3 is 2. The van der Waals surface area contributed by atoms with E-state index in [2.05, 4.69) is 36.5 Å². The minimum atomic E-state index is -0.289. The summed E-state index contributed by atoms with van der Waals surface area (Å²) in [6.07, 6.45) is 0.739. The fourth-order valence-electron chi connectivity index (χ4n) is 2.86. The Balaban J connectivity index is 2.05. The Kier molecular flexibility index (Phi) is 6.39. The molecule has 0 spiro atoms. The number of rotatable bonds is 7. The Morgan fingerprint density at radius 3 is 2.31 bits per heavy atom. The highest BCUT2D eigenvalue weighted by atomic mass is 16.5. The molecule has 1 amide bonds. The molecule has 0 aliphatic carbocycles. The van der Waals surface area contributed by atoms with Gasteiger partial charge in [-0.1, -0.05) is 44.2 Å². The number of nitrogens with one attached hydrogen (secondary N) is 1. The monoisotopic (exact) mass is 354 g/mol. The van der Waals surface area contributed by atoms with E-state index in [1.807, 2.05) is 25.1 Å². The van der Waals surface area contributed by atoms with E-state index in [9.17, 15) is 4.79 Å². The molecule has 0 saturated carbocycles. The van der Waals surface area contributed by atoms with Crippen molar-refractivity contribution in [3.8, 4) is 11.5 Å². The van der Waals surface area contributed by atoms with E-state index in [4.69, 9.17) is 9.47 Å². The number of hydrogen-bond donors (Lipinski definition) is 1. The minimum absolute atomic E-state index is 0.0666. The molecule has 0 saturated heterocycles. The molecule has 2 aromatic rings. The highest BCUT2D eigenvalue weighted by Crippen LogP contribution is 2.28. The molecule has 0 radical (unpaired) electrons. The SMILES string of the molecule is COc1ccc(C(=O)NN=C(C)CC(C)(C)c2ccccc2)cc1OC. The van der Waals surface area contributed by atoms with Gasteiger partial charge in [-0.25, -0.2) is 5.43 Å². The van der Waals surface area contributed by atoms with E-state index in [0.29, 0.717) is 17.1 Å². The zero-order valence-corrected chi connectivity index (χ0v) is 16.0. The van der Waals surface area contributed by atoms with Crippen LogP contribution in [0.4, 0.5) is 0 Å². The second-order valence-electron chi connectivity index (χ2n) is 6.78. The summed E-state index contributed by atoms with van der Waals surface area (Å²) < 4.78 is 10.4. The molecular formula is C21H26N2O3. The zero-order chi connectivity index (χ0) is 19.2. The quantitative estimate of drug-likeness (QED) is 0.599. The molecule has 2 rings (SSSR count). The van der Waals surface area contributed by atoms with Crippen LogP contribution in [0.1, 0.15) is 43.1 Å². The van der Waals surface area contributed by atoms with Crippen molar-refractivity contribution in [3.63, 3.8) is 0 Å². The van der Waals surface area contributed by atoms with Gasteiger partial charge in [-0.2, -0.15) is 5.10 Å². The van der Waals surface area contributed by atoms with E-state index in [1.54, 1.807) is 25.3 Å². The molecule has 0 atom stereocenters. The average molecular weight is 354 g/mol. The first-order valence-electron chi connectivity index (χ1n) is 8.48. The first kappa shape index (κ1) is 19.5.